The molecular weight excluding hydrogens is 326 g/mol. The lowest BCUT2D eigenvalue weighted by Crippen LogP contribution is -2.41. The summed E-state index contributed by atoms with van der Waals surface area (Å²) < 4.78 is 6.66. The molecule has 1 aliphatic heterocycles. The Hall–Kier alpha value is -0.520. The van der Waals surface area contributed by atoms with Crippen LogP contribution < -0.4 is 5.32 Å². The molecule has 2 atom stereocenters. The smallest absolute Gasteiger partial charge is 0.252 e. The Kier molecular flexibility index (Phi) is 3.87. The van der Waals surface area contributed by atoms with Crippen molar-refractivity contribution in [2.24, 2.45) is 5.92 Å². The Morgan fingerprint density at radius 3 is 2.84 bits per heavy atom. The van der Waals surface area contributed by atoms with Crippen LogP contribution in [0.25, 0.3) is 0 Å². The minimum absolute atomic E-state index is 0.0568. The van der Waals surface area contributed by atoms with Gasteiger partial charge in [-0.3, -0.25) is 4.79 Å². The molecule has 1 amide bonds. The average molecular weight is 342 g/mol. The highest BCUT2D eigenvalue weighted by Gasteiger charge is 2.41. The summed E-state index contributed by atoms with van der Waals surface area (Å²) in [5.74, 6) is 0.590. The first-order valence-electron chi connectivity index (χ1n) is 6.56. The number of amides is 1. The summed E-state index contributed by atoms with van der Waals surface area (Å²) in [4.78, 5) is 13.0. The fraction of sp³-hybridized carbons (Fsp3) is 0.500. The second kappa shape index (κ2) is 5.46. The van der Waals surface area contributed by atoms with E-state index in [1.54, 1.807) is 6.07 Å². The molecule has 1 aliphatic carbocycles. The minimum atomic E-state index is -0.0568. The number of carbonyl (C=O) groups excluding carboxylic acids is 1. The van der Waals surface area contributed by atoms with Crippen molar-refractivity contribution in [3.63, 3.8) is 0 Å². The summed E-state index contributed by atoms with van der Waals surface area (Å²) in [7, 11) is 0. The molecule has 2 fully saturated rings. The molecule has 5 heteroatoms. The van der Waals surface area contributed by atoms with Crippen LogP contribution in [0.1, 0.15) is 29.6 Å². The number of hydrogen-bond donors (Lipinski definition) is 2. The second-order valence-electron chi connectivity index (χ2n) is 5.20. The van der Waals surface area contributed by atoms with Crippen LogP contribution in [0.3, 0.4) is 0 Å². The zero-order valence-corrected chi connectivity index (χ0v) is 12.9. The Balaban J connectivity index is 1.70. The van der Waals surface area contributed by atoms with Gasteiger partial charge in [0.1, 0.15) is 0 Å². The minimum Gasteiger partial charge on any atom is -0.376 e. The molecule has 19 heavy (non-hydrogen) atoms. The van der Waals surface area contributed by atoms with Gasteiger partial charge in [0.25, 0.3) is 5.91 Å². The van der Waals surface area contributed by atoms with Gasteiger partial charge in [-0.1, -0.05) is 15.9 Å². The van der Waals surface area contributed by atoms with Crippen LogP contribution in [0.2, 0.25) is 0 Å². The first-order valence-corrected chi connectivity index (χ1v) is 7.80. The van der Waals surface area contributed by atoms with Crippen molar-refractivity contribution in [2.75, 3.05) is 6.61 Å². The Morgan fingerprint density at radius 2 is 2.16 bits per heavy atom. The van der Waals surface area contributed by atoms with Gasteiger partial charge in [0.2, 0.25) is 0 Å². The van der Waals surface area contributed by atoms with Crippen molar-refractivity contribution in [3.8, 4) is 0 Å². The highest BCUT2D eigenvalue weighted by Crippen LogP contribution is 2.38. The van der Waals surface area contributed by atoms with Gasteiger partial charge < -0.3 is 10.1 Å². The molecular formula is C14H16BrNO2S. The normalized spacial score (nSPS) is 26.4. The van der Waals surface area contributed by atoms with Gasteiger partial charge in [-0.15, -0.1) is 12.6 Å². The van der Waals surface area contributed by atoms with Crippen LogP contribution in [0.15, 0.2) is 27.6 Å². The number of ether oxygens (including phenoxy) is 1. The van der Waals surface area contributed by atoms with E-state index in [2.05, 4.69) is 33.9 Å². The zero-order chi connectivity index (χ0) is 13.4. The van der Waals surface area contributed by atoms with Gasteiger partial charge in [0.05, 0.1) is 17.7 Å². The second-order valence-corrected chi connectivity index (χ2v) is 6.60. The van der Waals surface area contributed by atoms with Gasteiger partial charge >= 0.3 is 0 Å². The highest BCUT2D eigenvalue weighted by molar-refractivity contribution is 9.10. The lowest BCUT2D eigenvalue weighted by atomic mass is 10.1. The summed E-state index contributed by atoms with van der Waals surface area (Å²) in [6, 6.07) is 5.64. The van der Waals surface area contributed by atoms with Crippen molar-refractivity contribution in [2.45, 2.75) is 36.3 Å². The predicted molar refractivity (Wildman–Crippen MR) is 79.7 cm³/mol. The van der Waals surface area contributed by atoms with E-state index in [-0.39, 0.29) is 18.1 Å². The topological polar surface area (TPSA) is 38.3 Å². The van der Waals surface area contributed by atoms with E-state index in [1.165, 1.54) is 12.8 Å². The maximum Gasteiger partial charge on any atom is 0.252 e. The third-order valence-corrected chi connectivity index (χ3v) is 4.61. The molecule has 0 bridgehead atoms. The third kappa shape index (κ3) is 2.98. The van der Waals surface area contributed by atoms with Gasteiger partial charge in [-0.2, -0.15) is 0 Å². The molecule has 1 saturated heterocycles. The fourth-order valence-electron chi connectivity index (χ4n) is 2.60. The van der Waals surface area contributed by atoms with Crippen LogP contribution in [0.4, 0.5) is 0 Å². The maximum absolute atomic E-state index is 12.3. The molecule has 0 aromatic heterocycles. The monoisotopic (exact) mass is 341 g/mol. The number of nitrogens with one attached hydrogen (secondary N) is 1. The van der Waals surface area contributed by atoms with E-state index < -0.39 is 0 Å². The molecule has 102 valence electrons. The van der Waals surface area contributed by atoms with Crippen molar-refractivity contribution in [3.05, 3.63) is 28.2 Å². The van der Waals surface area contributed by atoms with Crippen LogP contribution in [-0.2, 0) is 4.74 Å². The van der Waals surface area contributed by atoms with Crippen LogP contribution in [0.5, 0.6) is 0 Å². The Bertz CT molecular complexity index is 504. The van der Waals surface area contributed by atoms with E-state index >= 15 is 0 Å². The van der Waals surface area contributed by atoms with Crippen LogP contribution >= 0.6 is 28.6 Å². The molecule has 0 spiro atoms. The molecule has 1 aromatic rings. The van der Waals surface area contributed by atoms with Crippen molar-refractivity contribution in [1.29, 1.82) is 0 Å². The van der Waals surface area contributed by atoms with E-state index in [4.69, 9.17) is 4.74 Å². The molecule has 1 heterocycles. The lowest BCUT2D eigenvalue weighted by Gasteiger charge is -2.19. The highest BCUT2D eigenvalue weighted by atomic mass is 79.9. The molecule has 2 unspecified atom stereocenters. The molecule has 3 nitrogen and oxygen atoms in total. The fourth-order valence-corrected chi connectivity index (χ4v) is 3.45. The van der Waals surface area contributed by atoms with Gasteiger partial charge in [-0.25, -0.2) is 0 Å². The van der Waals surface area contributed by atoms with Crippen molar-refractivity contribution < 1.29 is 9.53 Å². The Morgan fingerprint density at radius 1 is 1.37 bits per heavy atom. The molecule has 1 aromatic carbocycles. The average Bonchev–Trinajstić information content (AvgIpc) is 3.10. The predicted octanol–water partition coefficient (Wildman–Crippen LogP) is 3.04. The SMILES string of the molecule is O=C(NC1CCOC1C1CC1)c1ccc(Br)cc1S. The van der Waals surface area contributed by atoms with Crippen LogP contribution in [-0.4, -0.2) is 24.7 Å². The molecule has 1 N–H and O–H groups in total. The standard InChI is InChI=1S/C14H16BrNO2S/c15-9-3-4-10(12(19)7-9)14(17)16-11-5-6-18-13(11)8-1-2-8/h3-4,7-8,11,13,19H,1-2,5-6H2,(H,16,17). The van der Waals surface area contributed by atoms with Crippen LogP contribution in [0, 0.1) is 5.92 Å². The summed E-state index contributed by atoms with van der Waals surface area (Å²) in [6.45, 7) is 0.750. The molecule has 1 saturated carbocycles. The van der Waals surface area contributed by atoms with E-state index in [0.29, 0.717) is 16.4 Å². The first-order chi connectivity index (χ1) is 9.15. The number of halogens is 1. The van der Waals surface area contributed by atoms with E-state index in [0.717, 1.165) is 17.5 Å². The summed E-state index contributed by atoms with van der Waals surface area (Å²) >= 11 is 7.73. The molecule has 2 aliphatic rings. The number of thiol groups is 1. The molecule has 3 rings (SSSR count). The number of carbonyl (C=O) groups is 1. The van der Waals surface area contributed by atoms with Crippen molar-refractivity contribution >= 4 is 34.5 Å². The summed E-state index contributed by atoms with van der Waals surface area (Å²) in [5, 5.41) is 3.10. The number of benzene rings is 1. The lowest BCUT2D eigenvalue weighted by molar-refractivity contribution is 0.0728. The summed E-state index contributed by atoms with van der Waals surface area (Å²) in [5.41, 5.74) is 0.619. The van der Waals surface area contributed by atoms with E-state index in [1.807, 2.05) is 12.1 Å². The number of hydrogen-bond acceptors (Lipinski definition) is 3. The summed E-state index contributed by atoms with van der Waals surface area (Å²) in [6.07, 6.45) is 3.58. The van der Waals surface area contributed by atoms with Gasteiger partial charge in [-0.05, 0) is 43.4 Å². The van der Waals surface area contributed by atoms with Crippen molar-refractivity contribution in [1.82, 2.24) is 5.32 Å². The maximum atomic E-state index is 12.3. The molecule has 0 radical (unpaired) electrons. The largest absolute Gasteiger partial charge is 0.376 e. The van der Waals surface area contributed by atoms with E-state index in [9.17, 15) is 4.79 Å². The van der Waals surface area contributed by atoms with Gasteiger partial charge in [0, 0.05) is 16.0 Å². The third-order valence-electron chi connectivity index (χ3n) is 3.74. The number of rotatable bonds is 3. The quantitative estimate of drug-likeness (QED) is 0.829. The first kappa shape index (κ1) is 13.5. The Labute approximate surface area is 126 Å². The van der Waals surface area contributed by atoms with Gasteiger partial charge in [0.15, 0.2) is 0 Å². The zero-order valence-electron chi connectivity index (χ0n) is 10.4.